The van der Waals surface area contributed by atoms with Crippen molar-refractivity contribution in [3.05, 3.63) is 24.3 Å². The van der Waals surface area contributed by atoms with Crippen LogP contribution in [0.5, 0.6) is 5.75 Å². The average molecular weight is 236 g/mol. The molecular formula is C13H20N2O2. The molecule has 1 atom stereocenters. The van der Waals surface area contributed by atoms with Gasteiger partial charge >= 0.3 is 0 Å². The smallest absolute Gasteiger partial charge is 0.258 e. The van der Waals surface area contributed by atoms with Crippen molar-refractivity contribution in [3.8, 4) is 5.75 Å². The summed E-state index contributed by atoms with van der Waals surface area (Å²) in [4.78, 5) is 13.2. The van der Waals surface area contributed by atoms with E-state index >= 15 is 0 Å². The highest BCUT2D eigenvalue weighted by atomic mass is 16.5. The first-order valence-electron chi connectivity index (χ1n) is 5.65. The van der Waals surface area contributed by atoms with Crippen molar-refractivity contribution in [1.29, 1.82) is 0 Å². The van der Waals surface area contributed by atoms with Crippen molar-refractivity contribution in [3.63, 3.8) is 0 Å². The lowest BCUT2D eigenvalue weighted by Crippen LogP contribution is -2.37. The van der Waals surface area contributed by atoms with E-state index in [-0.39, 0.29) is 5.92 Å². The Morgan fingerprint density at radius 3 is 2.47 bits per heavy atom. The number of primary amides is 1. The first-order valence-corrected chi connectivity index (χ1v) is 5.65. The number of carbonyl (C=O) groups is 1. The lowest BCUT2D eigenvalue weighted by Gasteiger charge is -2.20. The van der Waals surface area contributed by atoms with E-state index in [2.05, 4.69) is 0 Å². The Balaban J connectivity index is 2.86. The van der Waals surface area contributed by atoms with Gasteiger partial charge in [0.25, 0.3) is 5.91 Å². The quantitative estimate of drug-likeness (QED) is 0.845. The van der Waals surface area contributed by atoms with Crippen LogP contribution in [-0.4, -0.2) is 26.1 Å². The van der Waals surface area contributed by atoms with Crippen LogP contribution in [0.4, 0.5) is 5.69 Å². The van der Waals surface area contributed by atoms with E-state index < -0.39 is 12.0 Å². The number of hydrogen-bond acceptors (Lipinski definition) is 3. The normalized spacial score (nSPS) is 12.3. The number of nitrogens with zero attached hydrogens (tertiary/aromatic N) is 1. The maximum Gasteiger partial charge on any atom is 0.258 e. The minimum atomic E-state index is -0.590. The zero-order chi connectivity index (χ0) is 13.0. The van der Waals surface area contributed by atoms with Gasteiger partial charge in [0.15, 0.2) is 6.10 Å². The molecule has 1 aromatic carbocycles. The molecule has 0 radical (unpaired) electrons. The van der Waals surface area contributed by atoms with Crippen LogP contribution in [0.1, 0.15) is 13.8 Å². The summed E-state index contributed by atoms with van der Waals surface area (Å²) in [5.41, 5.74) is 6.33. The fourth-order valence-corrected chi connectivity index (χ4v) is 1.50. The zero-order valence-electron chi connectivity index (χ0n) is 10.8. The van der Waals surface area contributed by atoms with Crippen LogP contribution in [0.15, 0.2) is 24.3 Å². The van der Waals surface area contributed by atoms with Gasteiger partial charge in [-0.3, -0.25) is 4.79 Å². The maximum absolute atomic E-state index is 11.3. The molecule has 1 unspecified atom stereocenters. The zero-order valence-corrected chi connectivity index (χ0v) is 10.8. The molecule has 0 aliphatic heterocycles. The minimum Gasteiger partial charge on any atom is -0.480 e. The van der Waals surface area contributed by atoms with Gasteiger partial charge in [-0.15, -0.1) is 0 Å². The average Bonchev–Trinajstić information content (AvgIpc) is 2.25. The largest absolute Gasteiger partial charge is 0.480 e. The lowest BCUT2D eigenvalue weighted by atomic mass is 10.1. The number of rotatable bonds is 5. The fraction of sp³-hybridized carbons (Fsp3) is 0.462. The van der Waals surface area contributed by atoms with Crippen LogP contribution in [0, 0.1) is 5.92 Å². The number of nitrogens with two attached hydrogens (primary N) is 1. The molecule has 0 fully saturated rings. The molecule has 0 bridgehead atoms. The first kappa shape index (κ1) is 13.4. The molecule has 0 saturated heterocycles. The maximum atomic E-state index is 11.3. The highest BCUT2D eigenvalue weighted by Gasteiger charge is 2.21. The van der Waals surface area contributed by atoms with E-state index in [9.17, 15) is 4.79 Å². The van der Waals surface area contributed by atoms with Crippen molar-refractivity contribution in [2.75, 3.05) is 19.0 Å². The molecule has 0 spiro atoms. The second-order valence-corrected chi connectivity index (χ2v) is 4.58. The third-order valence-corrected chi connectivity index (χ3v) is 2.48. The molecule has 2 N–H and O–H groups in total. The van der Waals surface area contributed by atoms with Crippen LogP contribution in [-0.2, 0) is 4.79 Å². The van der Waals surface area contributed by atoms with Crippen LogP contribution < -0.4 is 15.4 Å². The van der Waals surface area contributed by atoms with E-state index in [1.54, 1.807) is 0 Å². The third-order valence-electron chi connectivity index (χ3n) is 2.48. The molecule has 0 aliphatic rings. The number of ether oxygens (including phenoxy) is 1. The summed E-state index contributed by atoms with van der Waals surface area (Å²) in [6, 6.07) is 7.58. The fourth-order valence-electron chi connectivity index (χ4n) is 1.50. The van der Waals surface area contributed by atoms with Gasteiger partial charge in [0, 0.05) is 25.8 Å². The Kier molecular flexibility index (Phi) is 4.37. The summed E-state index contributed by atoms with van der Waals surface area (Å²) < 4.78 is 5.63. The van der Waals surface area contributed by atoms with Crippen molar-refractivity contribution in [2.24, 2.45) is 11.7 Å². The predicted octanol–water partition coefficient (Wildman–Crippen LogP) is 1.64. The summed E-state index contributed by atoms with van der Waals surface area (Å²) in [5, 5.41) is 0. The summed E-state index contributed by atoms with van der Waals surface area (Å²) in [6.07, 6.45) is -0.590. The molecule has 0 heterocycles. The number of benzene rings is 1. The lowest BCUT2D eigenvalue weighted by molar-refractivity contribution is -0.126. The van der Waals surface area contributed by atoms with Gasteiger partial charge < -0.3 is 15.4 Å². The van der Waals surface area contributed by atoms with Crippen LogP contribution in [0.3, 0.4) is 0 Å². The third kappa shape index (κ3) is 3.66. The van der Waals surface area contributed by atoms with E-state index in [0.29, 0.717) is 5.75 Å². The minimum absolute atomic E-state index is 0.0514. The summed E-state index contributed by atoms with van der Waals surface area (Å²) in [7, 11) is 3.90. The number of amides is 1. The van der Waals surface area contributed by atoms with Crippen LogP contribution >= 0.6 is 0 Å². The van der Waals surface area contributed by atoms with E-state index in [4.69, 9.17) is 10.5 Å². The second kappa shape index (κ2) is 5.57. The number of carbonyl (C=O) groups excluding carboxylic acids is 1. The Bertz CT molecular complexity index is 389. The van der Waals surface area contributed by atoms with E-state index in [0.717, 1.165) is 5.69 Å². The molecule has 17 heavy (non-hydrogen) atoms. The Morgan fingerprint density at radius 1 is 1.35 bits per heavy atom. The van der Waals surface area contributed by atoms with E-state index in [1.165, 1.54) is 0 Å². The van der Waals surface area contributed by atoms with Gasteiger partial charge in [-0.25, -0.2) is 0 Å². The van der Waals surface area contributed by atoms with Crippen molar-refractivity contribution < 1.29 is 9.53 Å². The topological polar surface area (TPSA) is 55.6 Å². The van der Waals surface area contributed by atoms with Gasteiger partial charge in [-0.1, -0.05) is 19.9 Å². The number of hydrogen-bond donors (Lipinski definition) is 1. The summed E-state index contributed by atoms with van der Waals surface area (Å²) in [6.45, 7) is 3.82. The Morgan fingerprint density at radius 2 is 2.00 bits per heavy atom. The van der Waals surface area contributed by atoms with E-state index in [1.807, 2.05) is 57.1 Å². The standard InChI is InChI=1S/C13H20N2O2/c1-9(2)12(13(14)16)17-11-7-5-6-10(8-11)15(3)4/h5-9,12H,1-4H3,(H2,14,16). The second-order valence-electron chi connectivity index (χ2n) is 4.58. The van der Waals surface area contributed by atoms with Crippen molar-refractivity contribution >= 4 is 11.6 Å². The molecular weight excluding hydrogens is 216 g/mol. The highest BCUT2D eigenvalue weighted by molar-refractivity contribution is 5.79. The molecule has 1 amide bonds. The van der Waals surface area contributed by atoms with Crippen molar-refractivity contribution in [1.82, 2.24) is 0 Å². The van der Waals surface area contributed by atoms with Crippen molar-refractivity contribution in [2.45, 2.75) is 20.0 Å². The van der Waals surface area contributed by atoms with Crippen LogP contribution in [0.2, 0.25) is 0 Å². The van der Waals surface area contributed by atoms with Gasteiger partial charge in [0.2, 0.25) is 0 Å². The highest BCUT2D eigenvalue weighted by Crippen LogP contribution is 2.21. The predicted molar refractivity (Wildman–Crippen MR) is 69.2 cm³/mol. The van der Waals surface area contributed by atoms with Gasteiger partial charge in [0.05, 0.1) is 0 Å². The molecule has 94 valence electrons. The van der Waals surface area contributed by atoms with Gasteiger partial charge in [-0.05, 0) is 18.1 Å². The SMILES string of the molecule is CC(C)C(Oc1cccc(N(C)C)c1)C(N)=O. The Hall–Kier alpha value is -1.71. The summed E-state index contributed by atoms with van der Waals surface area (Å²) >= 11 is 0. The molecule has 1 rings (SSSR count). The number of anilines is 1. The molecule has 1 aromatic rings. The molecule has 0 aliphatic carbocycles. The van der Waals surface area contributed by atoms with Gasteiger partial charge in [0.1, 0.15) is 5.75 Å². The molecule has 4 nitrogen and oxygen atoms in total. The first-order chi connectivity index (χ1) is 7.91. The summed E-state index contributed by atoms with van der Waals surface area (Å²) in [5.74, 6) is 0.277. The monoisotopic (exact) mass is 236 g/mol. The molecule has 4 heteroatoms. The van der Waals surface area contributed by atoms with Crippen LogP contribution in [0.25, 0.3) is 0 Å². The molecule has 0 saturated carbocycles. The van der Waals surface area contributed by atoms with Gasteiger partial charge in [-0.2, -0.15) is 0 Å². The molecule has 0 aromatic heterocycles. The Labute approximate surface area is 102 Å².